The van der Waals surface area contributed by atoms with Gasteiger partial charge in [-0.25, -0.2) is 4.39 Å². The zero-order valence-corrected chi connectivity index (χ0v) is 10.6. The van der Waals surface area contributed by atoms with Crippen molar-refractivity contribution in [3.05, 3.63) is 24.0 Å². The summed E-state index contributed by atoms with van der Waals surface area (Å²) >= 11 is 0. The molecule has 2 rings (SSSR count). The molecule has 0 atom stereocenters. The Kier molecular flexibility index (Phi) is 2.71. The minimum absolute atomic E-state index is 0.109. The molecule has 92 valence electrons. The maximum absolute atomic E-state index is 13.9. The van der Waals surface area contributed by atoms with Crippen LogP contribution in [0.15, 0.2) is 18.2 Å². The van der Waals surface area contributed by atoms with Gasteiger partial charge in [0.2, 0.25) is 0 Å². The van der Waals surface area contributed by atoms with Crippen molar-refractivity contribution in [2.75, 3.05) is 5.73 Å². The summed E-state index contributed by atoms with van der Waals surface area (Å²) in [6, 6.07) is 4.84. The summed E-state index contributed by atoms with van der Waals surface area (Å²) < 4.78 is 25.4. The number of hydrogen-bond acceptors (Lipinski definition) is 3. The molecule has 3 nitrogen and oxygen atoms in total. The average Bonchev–Trinajstić information content (AvgIpc) is 2.40. The van der Waals surface area contributed by atoms with Gasteiger partial charge in [-0.2, -0.15) is 0 Å². The van der Waals surface area contributed by atoms with Crippen LogP contribution in [0.5, 0.6) is 0 Å². The molecule has 1 aliphatic rings. The second-order valence-corrected chi connectivity index (χ2v) is 5.34. The zero-order chi connectivity index (χ0) is 12.8. The van der Waals surface area contributed by atoms with Gasteiger partial charge in [-0.3, -0.25) is 0 Å². The summed E-state index contributed by atoms with van der Waals surface area (Å²) in [5.74, 6) is -0.467. The second-order valence-electron chi connectivity index (χ2n) is 5.34. The third-order valence-corrected chi connectivity index (χ3v) is 3.57. The average molecular weight is 237 g/mol. The van der Waals surface area contributed by atoms with Crippen LogP contribution in [0.25, 0.3) is 0 Å². The highest BCUT2D eigenvalue weighted by Crippen LogP contribution is 2.36. The van der Waals surface area contributed by atoms with Crippen LogP contribution in [-0.4, -0.2) is 18.3 Å². The maximum Gasteiger partial charge on any atom is 0.497 e. The molecule has 0 unspecified atom stereocenters. The lowest BCUT2D eigenvalue weighted by atomic mass is 9.78. The number of halogens is 1. The van der Waals surface area contributed by atoms with Gasteiger partial charge in [0, 0.05) is 5.46 Å². The van der Waals surface area contributed by atoms with Crippen molar-refractivity contribution >= 4 is 18.3 Å². The Morgan fingerprint density at radius 2 is 1.65 bits per heavy atom. The van der Waals surface area contributed by atoms with Crippen molar-refractivity contribution in [3.63, 3.8) is 0 Å². The molecule has 1 saturated heterocycles. The highest BCUT2D eigenvalue weighted by atomic mass is 19.1. The summed E-state index contributed by atoms with van der Waals surface area (Å²) in [5.41, 5.74) is 5.04. The molecule has 1 fully saturated rings. The predicted molar refractivity (Wildman–Crippen MR) is 66.5 cm³/mol. The van der Waals surface area contributed by atoms with Gasteiger partial charge in [0.15, 0.2) is 0 Å². The van der Waals surface area contributed by atoms with Crippen LogP contribution in [0.3, 0.4) is 0 Å². The van der Waals surface area contributed by atoms with Crippen molar-refractivity contribution in [2.24, 2.45) is 0 Å². The van der Waals surface area contributed by atoms with Gasteiger partial charge in [-0.15, -0.1) is 0 Å². The SMILES string of the molecule is CC1(C)OB(c2cccc(N)c2F)OC1(C)C. The molecule has 0 spiro atoms. The van der Waals surface area contributed by atoms with Crippen molar-refractivity contribution in [1.29, 1.82) is 0 Å². The molecular weight excluding hydrogens is 220 g/mol. The van der Waals surface area contributed by atoms with E-state index in [2.05, 4.69) is 0 Å². The van der Waals surface area contributed by atoms with Crippen LogP contribution >= 0.6 is 0 Å². The van der Waals surface area contributed by atoms with Crippen LogP contribution in [0.2, 0.25) is 0 Å². The Bertz CT molecular complexity index is 432. The van der Waals surface area contributed by atoms with Gasteiger partial charge in [-0.05, 0) is 33.8 Å². The molecular formula is C12H17BFNO2. The maximum atomic E-state index is 13.9. The highest BCUT2D eigenvalue weighted by molar-refractivity contribution is 6.62. The van der Waals surface area contributed by atoms with Gasteiger partial charge in [0.05, 0.1) is 16.9 Å². The summed E-state index contributed by atoms with van der Waals surface area (Å²) in [4.78, 5) is 0. The minimum Gasteiger partial charge on any atom is -0.399 e. The first-order chi connectivity index (χ1) is 7.74. The van der Waals surface area contributed by atoms with E-state index in [9.17, 15) is 4.39 Å². The quantitative estimate of drug-likeness (QED) is 0.597. The molecule has 5 heteroatoms. The second kappa shape index (κ2) is 3.72. The predicted octanol–water partition coefficient (Wildman–Crippen LogP) is 1.71. The molecule has 0 amide bonds. The summed E-state index contributed by atoms with van der Waals surface area (Å²) in [6.07, 6.45) is 0. The molecule has 1 aromatic carbocycles. The van der Waals surface area contributed by atoms with Crippen LogP contribution in [0, 0.1) is 5.82 Å². The van der Waals surface area contributed by atoms with E-state index in [4.69, 9.17) is 15.0 Å². The molecule has 1 aromatic rings. The monoisotopic (exact) mass is 237 g/mol. The number of hydrogen-bond donors (Lipinski definition) is 1. The van der Waals surface area contributed by atoms with E-state index in [1.807, 2.05) is 27.7 Å². The van der Waals surface area contributed by atoms with E-state index in [1.165, 1.54) is 6.07 Å². The number of rotatable bonds is 1. The highest BCUT2D eigenvalue weighted by Gasteiger charge is 2.52. The van der Waals surface area contributed by atoms with Crippen molar-refractivity contribution in [2.45, 2.75) is 38.9 Å². The van der Waals surface area contributed by atoms with Gasteiger partial charge in [-0.1, -0.05) is 12.1 Å². The lowest BCUT2D eigenvalue weighted by Gasteiger charge is -2.32. The molecule has 0 radical (unpaired) electrons. The normalized spacial score (nSPS) is 21.8. The first kappa shape index (κ1) is 12.4. The molecule has 0 aromatic heterocycles. The lowest BCUT2D eigenvalue weighted by molar-refractivity contribution is 0.00578. The number of nitrogen functional groups attached to an aromatic ring is 1. The molecule has 17 heavy (non-hydrogen) atoms. The topological polar surface area (TPSA) is 44.5 Å². The van der Waals surface area contributed by atoms with E-state index < -0.39 is 24.1 Å². The largest absolute Gasteiger partial charge is 0.497 e. The van der Waals surface area contributed by atoms with Crippen LogP contribution in [0.4, 0.5) is 10.1 Å². The minimum atomic E-state index is -0.705. The van der Waals surface area contributed by atoms with Crippen molar-refractivity contribution in [3.8, 4) is 0 Å². The Morgan fingerprint density at radius 3 is 2.18 bits per heavy atom. The molecule has 2 N–H and O–H groups in total. The number of anilines is 1. The summed E-state index contributed by atoms with van der Waals surface area (Å²) in [7, 11) is -0.705. The third kappa shape index (κ3) is 1.94. The van der Waals surface area contributed by atoms with Gasteiger partial charge >= 0.3 is 7.12 Å². The Hall–Kier alpha value is -1.07. The first-order valence-electron chi connectivity index (χ1n) is 5.64. The van der Waals surface area contributed by atoms with E-state index in [0.29, 0.717) is 5.46 Å². The molecule has 1 aliphatic heterocycles. The van der Waals surface area contributed by atoms with Crippen LogP contribution < -0.4 is 11.2 Å². The Labute approximate surface area is 101 Å². The van der Waals surface area contributed by atoms with E-state index in [-0.39, 0.29) is 5.69 Å². The van der Waals surface area contributed by atoms with E-state index in [0.717, 1.165) is 0 Å². The Balaban J connectivity index is 2.36. The van der Waals surface area contributed by atoms with Gasteiger partial charge in [0.25, 0.3) is 0 Å². The zero-order valence-electron chi connectivity index (χ0n) is 10.6. The molecule has 0 saturated carbocycles. The third-order valence-electron chi connectivity index (χ3n) is 3.57. The first-order valence-corrected chi connectivity index (χ1v) is 5.64. The van der Waals surface area contributed by atoms with Gasteiger partial charge < -0.3 is 15.0 Å². The number of nitrogens with two attached hydrogens (primary N) is 1. The number of benzene rings is 1. The van der Waals surface area contributed by atoms with Crippen LogP contribution in [-0.2, 0) is 9.31 Å². The summed E-state index contributed by atoms with van der Waals surface area (Å²) in [6.45, 7) is 7.71. The molecule has 0 aliphatic carbocycles. The molecule has 1 heterocycles. The fourth-order valence-electron chi connectivity index (χ4n) is 1.72. The fourth-order valence-corrected chi connectivity index (χ4v) is 1.72. The van der Waals surface area contributed by atoms with E-state index in [1.54, 1.807) is 12.1 Å². The summed E-state index contributed by atoms with van der Waals surface area (Å²) in [5, 5.41) is 0. The van der Waals surface area contributed by atoms with Crippen LogP contribution in [0.1, 0.15) is 27.7 Å². The van der Waals surface area contributed by atoms with E-state index >= 15 is 0 Å². The molecule has 0 bridgehead atoms. The van der Waals surface area contributed by atoms with Crippen molar-refractivity contribution in [1.82, 2.24) is 0 Å². The lowest BCUT2D eigenvalue weighted by Crippen LogP contribution is -2.41. The van der Waals surface area contributed by atoms with Crippen molar-refractivity contribution < 1.29 is 13.7 Å². The fraction of sp³-hybridized carbons (Fsp3) is 0.500. The standard InChI is InChI=1S/C12H17BFNO2/c1-11(2)12(3,4)17-13(16-11)8-6-5-7-9(15)10(8)14/h5-7H,15H2,1-4H3. The Morgan fingerprint density at radius 1 is 1.12 bits per heavy atom. The smallest absolute Gasteiger partial charge is 0.399 e. The van der Waals surface area contributed by atoms with Gasteiger partial charge in [0.1, 0.15) is 5.82 Å².